The van der Waals surface area contributed by atoms with Crippen LogP contribution < -0.4 is 10.6 Å². The summed E-state index contributed by atoms with van der Waals surface area (Å²) in [5.41, 5.74) is 0.714. The van der Waals surface area contributed by atoms with E-state index in [0.29, 0.717) is 18.5 Å². The Morgan fingerprint density at radius 3 is 2.10 bits per heavy atom. The summed E-state index contributed by atoms with van der Waals surface area (Å²) < 4.78 is 11.9. The van der Waals surface area contributed by atoms with Gasteiger partial charge < -0.3 is 35.0 Å². The number of hydrogen-bond acceptors (Lipinski definition) is 8. The van der Waals surface area contributed by atoms with Gasteiger partial charge in [-0.3, -0.25) is 19.2 Å². The van der Waals surface area contributed by atoms with E-state index in [0.717, 1.165) is 12.8 Å². The molecule has 10 atom stereocenters. The molecule has 0 radical (unpaired) electrons. The summed E-state index contributed by atoms with van der Waals surface area (Å²) >= 11 is 0. The molecular formula is C40H68N4O7. The molecule has 0 aromatic heterocycles. The Kier molecular flexibility index (Phi) is 18.2. The number of methoxy groups -OCH3 is 2. The topological polar surface area (TPSA) is 138 Å². The number of rotatable bonds is 21. The number of ether oxygens (including phenoxy) is 2. The molecule has 1 saturated heterocycles. The lowest BCUT2D eigenvalue weighted by Crippen LogP contribution is -2.54. The van der Waals surface area contributed by atoms with Gasteiger partial charge in [0.05, 0.1) is 54.8 Å². The molecule has 11 nitrogen and oxygen atoms in total. The molecule has 0 spiro atoms. The first kappa shape index (κ1) is 44.3. The van der Waals surface area contributed by atoms with E-state index in [4.69, 9.17) is 9.47 Å². The first-order valence-electron chi connectivity index (χ1n) is 18.9. The summed E-state index contributed by atoms with van der Waals surface area (Å²) in [5.74, 6) is -1.54. The van der Waals surface area contributed by atoms with Crippen LogP contribution in [0.2, 0.25) is 0 Å². The van der Waals surface area contributed by atoms with Crippen molar-refractivity contribution in [3.8, 4) is 0 Å². The Balaban J connectivity index is 2.24. The SMILES string of the molecule is CCC(C)[C@@H]([C@@H](CC(=O)N1CCC[C@H]1[C@H](OC)[C@@H](C)C(=O)N[C@H](C)[C@@H](O)c1ccccc1)OC)N(C)C(=O)[C@@H](CC(=O)[C@@H](NC)C(C)C)C(C)C. The second-order valence-corrected chi connectivity index (χ2v) is 15.3. The second kappa shape index (κ2) is 21.0. The van der Waals surface area contributed by atoms with Gasteiger partial charge in [-0.25, -0.2) is 0 Å². The van der Waals surface area contributed by atoms with Crippen LogP contribution in [0.3, 0.4) is 0 Å². The third-order valence-electron chi connectivity index (χ3n) is 11.1. The van der Waals surface area contributed by atoms with Crippen LogP contribution in [-0.2, 0) is 28.7 Å². The average Bonchev–Trinajstić information content (AvgIpc) is 3.59. The quantitative estimate of drug-likeness (QED) is 0.168. The molecule has 1 aliphatic heterocycles. The highest BCUT2D eigenvalue weighted by Crippen LogP contribution is 2.31. The van der Waals surface area contributed by atoms with Crippen LogP contribution in [0.5, 0.6) is 0 Å². The van der Waals surface area contributed by atoms with Gasteiger partial charge in [-0.1, -0.05) is 85.2 Å². The van der Waals surface area contributed by atoms with Crippen LogP contribution in [0.15, 0.2) is 30.3 Å². The summed E-state index contributed by atoms with van der Waals surface area (Å²) in [6.07, 6.45) is 0.381. The van der Waals surface area contributed by atoms with Crippen molar-refractivity contribution in [2.24, 2.45) is 29.6 Å². The van der Waals surface area contributed by atoms with Gasteiger partial charge in [0.15, 0.2) is 5.78 Å². The number of hydrogen-bond donors (Lipinski definition) is 3. The molecule has 11 heteroatoms. The third-order valence-corrected chi connectivity index (χ3v) is 11.1. The lowest BCUT2D eigenvalue weighted by atomic mass is 9.84. The van der Waals surface area contributed by atoms with E-state index in [1.165, 1.54) is 0 Å². The van der Waals surface area contributed by atoms with Crippen molar-refractivity contribution in [1.82, 2.24) is 20.4 Å². The van der Waals surface area contributed by atoms with Crippen molar-refractivity contribution >= 4 is 23.5 Å². The lowest BCUT2D eigenvalue weighted by molar-refractivity contribution is -0.149. The molecular weight excluding hydrogens is 648 g/mol. The highest BCUT2D eigenvalue weighted by molar-refractivity contribution is 5.90. The first-order valence-corrected chi connectivity index (χ1v) is 18.9. The van der Waals surface area contributed by atoms with Crippen molar-refractivity contribution in [3.63, 3.8) is 0 Å². The number of amides is 3. The van der Waals surface area contributed by atoms with E-state index in [1.807, 2.05) is 58.0 Å². The zero-order valence-corrected chi connectivity index (χ0v) is 33.3. The molecule has 290 valence electrons. The van der Waals surface area contributed by atoms with Crippen molar-refractivity contribution < 1.29 is 33.8 Å². The molecule has 0 bridgehead atoms. The van der Waals surface area contributed by atoms with E-state index < -0.39 is 42.2 Å². The third kappa shape index (κ3) is 11.6. The van der Waals surface area contributed by atoms with Crippen molar-refractivity contribution in [3.05, 3.63) is 35.9 Å². The van der Waals surface area contributed by atoms with E-state index in [-0.39, 0.29) is 66.2 Å². The van der Waals surface area contributed by atoms with Gasteiger partial charge in [0.2, 0.25) is 17.7 Å². The summed E-state index contributed by atoms with van der Waals surface area (Å²) in [5, 5.41) is 16.9. The highest BCUT2D eigenvalue weighted by Gasteiger charge is 2.43. The Labute approximate surface area is 307 Å². The van der Waals surface area contributed by atoms with Gasteiger partial charge in [0.25, 0.3) is 0 Å². The molecule has 51 heavy (non-hydrogen) atoms. The Hall–Kier alpha value is -2.86. The number of nitrogens with zero attached hydrogens (tertiary/aromatic N) is 2. The number of Topliss-reactive ketones (excluding diaryl/α,β-unsaturated/α-hetero) is 1. The van der Waals surface area contributed by atoms with Crippen molar-refractivity contribution in [2.45, 2.75) is 130 Å². The minimum absolute atomic E-state index is 0.0129. The number of ketones is 1. The number of carbonyl (C=O) groups excluding carboxylic acids is 4. The largest absolute Gasteiger partial charge is 0.386 e. The molecule has 1 heterocycles. The molecule has 1 unspecified atom stereocenters. The fourth-order valence-electron chi connectivity index (χ4n) is 7.76. The molecule has 1 aromatic rings. The Morgan fingerprint density at radius 1 is 0.961 bits per heavy atom. The van der Waals surface area contributed by atoms with Gasteiger partial charge in [-0.2, -0.15) is 0 Å². The Bertz CT molecular complexity index is 1240. The number of carbonyl (C=O) groups is 4. The standard InChI is InChI=1S/C40H68N4O7/c1-13-26(6)36(43(10)40(49)30(24(2)3)22-32(45)35(41-9)25(4)5)33(50-11)23-34(46)44-21-17-20-31(44)38(51-12)27(7)39(48)42-28(8)37(47)29-18-15-14-16-19-29/h14-16,18-19,24-28,30-31,33,35-38,41,47H,13,17,20-23H2,1-12H3,(H,42,48)/t26?,27-,28-,30+,31+,33-,35+,36+,37-,38-/m1/s1. The molecule has 3 N–H and O–H groups in total. The van der Waals surface area contributed by atoms with Crippen LogP contribution >= 0.6 is 0 Å². The molecule has 1 aromatic carbocycles. The predicted octanol–water partition coefficient (Wildman–Crippen LogP) is 4.62. The Morgan fingerprint density at radius 2 is 1.59 bits per heavy atom. The molecule has 0 saturated carbocycles. The maximum Gasteiger partial charge on any atom is 0.226 e. The van der Waals surface area contributed by atoms with Gasteiger partial charge in [-0.05, 0) is 50.1 Å². The van der Waals surface area contributed by atoms with Crippen LogP contribution in [0.1, 0.15) is 99.2 Å². The smallest absolute Gasteiger partial charge is 0.226 e. The number of nitrogens with one attached hydrogen (secondary N) is 2. The van der Waals surface area contributed by atoms with Gasteiger partial charge in [0.1, 0.15) is 0 Å². The van der Waals surface area contributed by atoms with Crippen LogP contribution in [0.25, 0.3) is 0 Å². The number of likely N-dealkylation sites (N-methyl/N-ethyl adjacent to an activating group) is 2. The van der Waals surface area contributed by atoms with Crippen LogP contribution in [-0.4, -0.2) is 110 Å². The average molecular weight is 717 g/mol. The summed E-state index contributed by atoms with van der Waals surface area (Å²) in [6, 6.07) is 7.61. The fourth-order valence-corrected chi connectivity index (χ4v) is 7.76. The van der Waals surface area contributed by atoms with E-state index in [2.05, 4.69) is 24.5 Å². The minimum Gasteiger partial charge on any atom is -0.386 e. The van der Waals surface area contributed by atoms with Gasteiger partial charge >= 0.3 is 0 Å². The summed E-state index contributed by atoms with van der Waals surface area (Å²) in [4.78, 5) is 58.6. The normalized spacial score (nSPS) is 20.2. The van der Waals surface area contributed by atoms with Crippen LogP contribution in [0, 0.1) is 29.6 Å². The number of aliphatic hydroxyl groups excluding tert-OH is 1. The lowest BCUT2D eigenvalue weighted by Gasteiger charge is -2.41. The number of aliphatic hydroxyl groups is 1. The molecule has 2 rings (SSSR count). The fraction of sp³-hybridized carbons (Fsp3) is 0.750. The van der Waals surface area contributed by atoms with Gasteiger partial charge in [0, 0.05) is 40.2 Å². The first-order chi connectivity index (χ1) is 24.0. The molecule has 1 fully saturated rings. The number of benzene rings is 1. The minimum atomic E-state index is -0.871. The molecule has 1 aliphatic rings. The zero-order chi connectivity index (χ0) is 38.6. The molecule has 3 amide bonds. The molecule has 0 aliphatic carbocycles. The summed E-state index contributed by atoms with van der Waals surface area (Å²) in [6.45, 7) is 16.1. The van der Waals surface area contributed by atoms with Gasteiger partial charge in [-0.15, -0.1) is 0 Å². The van der Waals surface area contributed by atoms with E-state index >= 15 is 0 Å². The monoisotopic (exact) mass is 717 g/mol. The summed E-state index contributed by atoms with van der Waals surface area (Å²) in [7, 11) is 6.68. The maximum absolute atomic E-state index is 14.2. The van der Waals surface area contributed by atoms with Crippen molar-refractivity contribution in [1.29, 1.82) is 0 Å². The predicted molar refractivity (Wildman–Crippen MR) is 201 cm³/mol. The zero-order valence-electron chi connectivity index (χ0n) is 33.3. The second-order valence-electron chi connectivity index (χ2n) is 15.3. The van der Waals surface area contributed by atoms with Crippen molar-refractivity contribution in [2.75, 3.05) is 34.9 Å². The van der Waals surface area contributed by atoms with E-state index in [1.54, 1.807) is 52.0 Å². The van der Waals surface area contributed by atoms with E-state index in [9.17, 15) is 24.3 Å². The maximum atomic E-state index is 14.2. The van der Waals surface area contributed by atoms with Crippen LogP contribution in [0.4, 0.5) is 0 Å². The highest BCUT2D eigenvalue weighted by atomic mass is 16.5. The number of likely N-dealkylation sites (tertiary alicyclic amines) is 1.